The summed E-state index contributed by atoms with van der Waals surface area (Å²) in [5, 5.41) is 4.91. The lowest BCUT2D eigenvalue weighted by atomic mass is 10.1. The highest BCUT2D eigenvalue weighted by Gasteiger charge is 2.25. The number of carbonyl (C=O) groups excluding carboxylic acids is 1. The number of fused-ring (bicyclic) bond motifs is 1. The molecule has 0 radical (unpaired) electrons. The molecule has 1 atom stereocenters. The van der Waals surface area contributed by atoms with Gasteiger partial charge in [0.1, 0.15) is 11.2 Å². The normalized spacial score (nSPS) is 17.6. The fraction of sp³-hybridized carbons (Fsp3) is 0.368. The number of carbonyl (C=O) groups is 1. The lowest BCUT2D eigenvalue weighted by Crippen LogP contribution is -2.39. The van der Waals surface area contributed by atoms with Gasteiger partial charge in [0.05, 0.1) is 12.2 Å². The first-order valence-electron chi connectivity index (χ1n) is 8.87. The minimum absolute atomic E-state index is 0.0454. The first-order chi connectivity index (χ1) is 12.6. The van der Waals surface area contributed by atoms with E-state index in [1.54, 1.807) is 13.1 Å². The van der Waals surface area contributed by atoms with Crippen molar-refractivity contribution in [2.75, 3.05) is 13.1 Å². The second-order valence-corrected chi connectivity index (χ2v) is 6.76. The van der Waals surface area contributed by atoms with Crippen molar-refractivity contribution in [1.82, 2.24) is 24.6 Å². The number of hydrogen-bond acceptors (Lipinski definition) is 4. The first-order valence-corrected chi connectivity index (χ1v) is 8.87. The van der Waals surface area contributed by atoms with Gasteiger partial charge >= 0.3 is 0 Å². The van der Waals surface area contributed by atoms with Crippen LogP contribution in [0.5, 0.6) is 0 Å². The van der Waals surface area contributed by atoms with E-state index >= 15 is 0 Å². The predicted molar refractivity (Wildman–Crippen MR) is 97.9 cm³/mol. The zero-order valence-electron chi connectivity index (χ0n) is 14.7. The minimum atomic E-state index is -0.175. The second-order valence-electron chi connectivity index (χ2n) is 6.76. The molecule has 1 unspecified atom stereocenters. The number of amides is 1. The SMILES string of the molecule is CC(=O)N1CCCC(n2ncc3c(=O)[nH]c(Cc4ccccc4)nc32)C1. The predicted octanol–water partition coefficient (Wildman–Crippen LogP) is 1.89. The molecule has 4 rings (SSSR count). The molecule has 7 nitrogen and oxygen atoms in total. The molecule has 0 spiro atoms. The maximum absolute atomic E-state index is 12.4. The molecule has 1 amide bonds. The van der Waals surface area contributed by atoms with E-state index in [1.807, 2.05) is 39.9 Å². The van der Waals surface area contributed by atoms with Crippen molar-refractivity contribution in [3.8, 4) is 0 Å². The number of aromatic amines is 1. The van der Waals surface area contributed by atoms with Crippen LogP contribution in [0.1, 0.15) is 37.2 Å². The smallest absolute Gasteiger partial charge is 0.262 e. The number of nitrogens with zero attached hydrogens (tertiary/aromatic N) is 4. The van der Waals surface area contributed by atoms with Crippen LogP contribution in [-0.2, 0) is 11.2 Å². The molecule has 134 valence electrons. The Labute approximate surface area is 150 Å². The summed E-state index contributed by atoms with van der Waals surface area (Å²) in [4.78, 5) is 33.5. The number of hydrogen-bond donors (Lipinski definition) is 1. The molecule has 2 aromatic heterocycles. The molecule has 1 fully saturated rings. The van der Waals surface area contributed by atoms with Gasteiger partial charge in [-0.3, -0.25) is 9.59 Å². The summed E-state index contributed by atoms with van der Waals surface area (Å²) in [7, 11) is 0. The van der Waals surface area contributed by atoms with Crippen molar-refractivity contribution < 1.29 is 4.79 Å². The number of benzene rings is 1. The van der Waals surface area contributed by atoms with Crippen LogP contribution in [-0.4, -0.2) is 43.6 Å². The standard InChI is InChI=1S/C19H21N5O2/c1-13(25)23-9-5-8-15(12-23)24-18-16(11-20-24)19(26)22-17(21-18)10-14-6-3-2-4-7-14/h2-4,6-7,11,15H,5,8-10,12H2,1H3,(H,21,22,26). The van der Waals surface area contributed by atoms with E-state index in [2.05, 4.69) is 15.1 Å². The van der Waals surface area contributed by atoms with Crippen molar-refractivity contribution >= 4 is 16.9 Å². The first kappa shape index (κ1) is 16.5. The van der Waals surface area contributed by atoms with Gasteiger partial charge in [0.25, 0.3) is 5.56 Å². The van der Waals surface area contributed by atoms with Gasteiger partial charge in [0.15, 0.2) is 5.65 Å². The van der Waals surface area contributed by atoms with Crippen LogP contribution in [0.3, 0.4) is 0 Å². The molecule has 7 heteroatoms. The quantitative estimate of drug-likeness (QED) is 0.781. The van der Waals surface area contributed by atoms with Crippen LogP contribution in [0.15, 0.2) is 41.3 Å². The maximum Gasteiger partial charge on any atom is 0.262 e. The van der Waals surface area contributed by atoms with Crippen LogP contribution in [0.4, 0.5) is 0 Å². The molecule has 1 aromatic carbocycles. The summed E-state index contributed by atoms with van der Waals surface area (Å²) in [5.74, 6) is 0.691. The molecule has 3 aromatic rings. The maximum atomic E-state index is 12.4. The minimum Gasteiger partial charge on any atom is -0.341 e. The van der Waals surface area contributed by atoms with Gasteiger partial charge in [-0.05, 0) is 18.4 Å². The number of likely N-dealkylation sites (tertiary alicyclic amines) is 1. The number of rotatable bonds is 3. The van der Waals surface area contributed by atoms with Crippen LogP contribution >= 0.6 is 0 Å². The lowest BCUT2D eigenvalue weighted by Gasteiger charge is -2.32. The van der Waals surface area contributed by atoms with Crippen LogP contribution in [0.2, 0.25) is 0 Å². The number of H-pyrrole nitrogens is 1. The molecule has 0 saturated carbocycles. The van der Waals surface area contributed by atoms with Gasteiger partial charge in [-0.1, -0.05) is 30.3 Å². The second kappa shape index (κ2) is 6.74. The number of nitrogens with one attached hydrogen (secondary N) is 1. The Morgan fingerprint density at radius 3 is 2.88 bits per heavy atom. The highest BCUT2D eigenvalue weighted by molar-refractivity contribution is 5.74. The van der Waals surface area contributed by atoms with Gasteiger partial charge in [-0.25, -0.2) is 9.67 Å². The van der Waals surface area contributed by atoms with Crippen LogP contribution < -0.4 is 5.56 Å². The Bertz CT molecular complexity index is 992. The van der Waals surface area contributed by atoms with E-state index in [0.717, 1.165) is 24.9 Å². The van der Waals surface area contributed by atoms with Crippen LogP contribution in [0, 0.1) is 0 Å². The Kier molecular flexibility index (Phi) is 4.28. The van der Waals surface area contributed by atoms with Gasteiger partial charge in [0.2, 0.25) is 5.91 Å². The van der Waals surface area contributed by atoms with Crippen molar-refractivity contribution in [1.29, 1.82) is 0 Å². The van der Waals surface area contributed by atoms with Crippen molar-refractivity contribution in [3.05, 3.63) is 58.3 Å². The largest absolute Gasteiger partial charge is 0.341 e. The molecule has 26 heavy (non-hydrogen) atoms. The third kappa shape index (κ3) is 3.12. The fourth-order valence-electron chi connectivity index (χ4n) is 3.56. The summed E-state index contributed by atoms with van der Waals surface area (Å²) in [5.41, 5.74) is 1.50. The highest BCUT2D eigenvalue weighted by atomic mass is 16.2. The Morgan fingerprint density at radius 1 is 1.31 bits per heavy atom. The summed E-state index contributed by atoms with van der Waals surface area (Å²) >= 11 is 0. The Hall–Kier alpha value is -2.96. The molecule has 1 aliphatic rings. The third-order valence-electron chi connectivity index (χ3n) is 4.91. The molecule has 1 saturated heterocycles. The summed E-state index contributed by atoms with van der Waals surface area (Å²) < 4.78 is 1.81. The van der Waals surface area contributed by atoms with E-state index in [4.69, 9.17) is 0 Å². The lowest BCUT2D eigenvalue weighted by molar-refractivity contribution is -0.130. The van der Waals surface area contributed by atoms with Gasteiger partial charge < -0.3 is 9.88 Å². The molecule has 0 aliphatic carbocycles. The van der Waals surface area contributed by atoms with E-state index in [0.29, 0.717) is 29.8 Å². The molecule has 0 bridgehead atoms. The van der Waals surface area contributed by atoms with E-state index in [9.17, 15) is 9.59 Å². The van der Waals surface area contributed by atoms with Gasteiger partial charge in [0, 0.05) is 26.4 Å². The summed E-state index contributed by atoms with van der Waals surface area (Å²) in [6, 6.07) is 9.95. The molecule has 3 heterocycles. The van der Waals surface area contributed by atoms with Crippen molar-refractivity contribution in [2.45, 2.75) is 32.2 Å². The zero-order valence-corrected chi connectivity index (χ0v) is 14.7. The summed E-state index contributed by atoms with van der Waals surface area (Å²) in [6.45, 7) is 2.97. The molecule has 1 N–H and O–H groups in total. The monoisotopic (exact) mass is 351 g/mol. The average molecular weight is 351 g/mol. The van der Waals surface area contributed by atoms with Crippen molar-refractivity contribution in [3.63, 3.8) is 0 Å². The van der Waals surface area contributed by atoms with Gasteiger partial charge in [-0.15, -0.1) is 0 Å². The topological polar surface area (TPSA) is 83.9 Å². The highest BCUT2D eigenvalue weighted by Crippen LogP contribution is 2.23. The average Bonchev–Trinajstić information content (AvgIpc) is 3.07. The van der Waals surface area contributed by atoms with Gasteiger partial charge in [-0.2, -0.15) is 5.10 Å². The van der Waals surface area contributed by atoms with Crippen LogP contribution in [0.25, 0.3) is 11.0 Å². The third-order valence-corrected chi connectivity index (χ3v) is 4.91. The van der Waals surface area contributed by atoms with E-state index in [-0.39, 0.29) is 17.5 Å². The number of piperidine rings is 1. The Balaban J connectivity index is 1.70. The van der Waals surface area contributed by atoms with Crippen molar-refractivity contribution in [2.24, 2.45) is 0 Å². The zero-order chi connectivity index (χ0) is 18.1. The number of aromatic nitrogens is 4. The fourth-order valence-corrected chi connectivity index (χ4v) is 3.56. The van der Waals surface area contributed by atoms with E-state index in [1.165, 1.54) is 0 Å². The molecular formula is C19H21N5O2. The Morgan fingerprint density at radius 2 is 2.12 bits per heavy atom. The van der Waals surface area contributed by atoms with E-state index < -0.39 is 0 Å². The molecular weight excluding hydrogens is 330 g/mol. The summed E-state index contributed by atoms with van der Waals surface area (Å²) in [6.07, 6.45) is 3.97. The molecule has 1 aliphatic heterocycles.